The summed E-state index contributed by atoms with van der Waals surface area (Å²) in [5, 5.41) is 12.1. The highest BCUT2D eigenvalue weighted by Gasteiger charge is 2.19. The quantitative estimate of drug-likeness (QED) is 0.323. The van der Waals surface area contributed by atoms with E-state index in [4.69, 9.17) is 28.9 Å². The van der Waals surface area contributed by atoms with Crippen molar-refractivity contribution in [3.05, 3.63) is 106 Å². The zero-order valence-corrected chi connectivity index (χ0v) is 18.8. The number of fused-ring (bicyclic) bond motifs is 3. The molecule has 0 atom stereocenters. The second-order valence-corrected chi connectivity index (χ2v) is 8.48. The Bertz CT molecular complexity index is 1590. The minimum Gasteiger partial charge on any atom is -0.366 e. The smallest absolute Gasteiger partial charge is 0.249 e. The zero-order valence-electron chi connectivity index (χ0n) is 17.3. The van der Waals surface area contributed by atoms with E-state index >= 15 is 0 Å². The van der Waals surface area contributed by atoms with Gasteiger partial charge >= 0.3 is 0 Å². The lowest BCUT2D eigenvalue weighted by atomic mass is 10.0. The van der Waals surface area contributed by atoms with Crippen LogP contribution in [0.2, 0.25) is 10.0 Å². The molecule has 0 saturated carbocycles. The summed E-state index contributed by atoms with van der Waals surface area (Å²) < 4.78 is 2.07. The fraction of sp³-hybridized carbons (Fsp3) is 0.0370. The molecule has 6 heteroatoms. The van der Waals surface area contributed by atoms with Crippen molar-refractivity contribution in [1.29, 1.82) is 5.26 Å². The molecule has 2 N–H and O–H groups in total. The molecule has 0 saturated heterocycles. The second-order valence-electron chi connectivity index (χ2n) is 7.66. The maximum absolute atomic E-state index is 12.2. The van der Waals surface area contributed by atoms with Gasteiger partial charge in [-0.3, -0.25) is 4.79 Å². The summed E-state index contributed by atoms with van der Waals surface area (Å²) in [7, 11) is 0. The molecule has 1 aromatic heterocycles. The summed E-state index contributed by atoms with van der Waals surface area (Å²) in [5.74, 6) is -0.510. The van der Waals surface area contributed by atoms with E-state index in [0.29, 0.717) is 33.3 Å². The fourth-order valence-electron chi connectivity index (χ4n) is 4.29. The number of carbonyl (C=O) groups excluding carboxylic acids is 1. The summed E-state index contributed by atoms with van der Waals surface area (Å²) in [6.45, 7) is 0.430. The van der Waals surface area contributed by atoms with Crippen molar-refractivity contribution < 1.29 is 4.79 Å². The SMILES string of the molecule is N#Cc1ccccc1Cn1c2cc(-c3c(Cl)cccc3Cl)c[c]c2c2c(C(N)=O)cccc21. The predicted molar refractivity (Wildman–Crippen MR) is 133 cm³/mol. The zero-order chi connectivity index (χ0) is 23.1. The number of primary amides is 1. The summed E-state index contributed by atoms with van der Waals surface area (Å²) >= 11 is 12.9. The van der Waals surface area contributed by atoms with Gasteiger partial charge in [-0.2, -0.15) is 5.26 Å². The van der Waals surface area contributed by atoms with Gasteiger partial charge in [-0.15, -0.1) is 0 Å². The average Bonchev–Trinajstić information content (AvgIpc) is 3.12. The first-order valence-electron chi connectivity index (χ1n) is 10.2. The number of carbonyl (C=O) groups is 1. The van der Waals surface area contributed by atoms with Crippen molar-refractivity contribution in [2.75, 3.05) is 0 Å². The predicted octanol–water partition coefficient (Wildman–Crippen LogP) is 6.59. The van der Waals surface area contributed by atoms with Crippen LogP contribution in [0.1, 0.15) is 21.5 Å². The number of nitrogens with two attached hydrogens (primary N) is 1. The highest BCUT2D eigenvalue weighted by Crippen LogP contribution is 2.39. The lowest BCUT2D eigenvalue weighted by Gasteiger charge is -2.11. The molecule has 4 aromatic carbocycles. The van der Waals surface area contributed by atoms with Crippen LogP contribution in [0.4, 0.5) is 0 Å². The molecular formula is C27H16Cl2N3O. The minimum atomic E-state index is -0.510. The molecule has 0 aliphatic rings. The van der Waals surface area contributed by atoms with Crippen molar-refractivity contribution in [1.82, 2.24) is 4.57 Å². The molecule has 1 heterocycles. The first-order chi connectivity index (χ1) is 16.0. The van der Waals surface area contributed by atoms with Crippen molar-refractivity contribution in [2.45, 2.75) is 6.54 Å². The molecule has 1 radical (unpaired) electrons. The van der Waals surface area contributed by atoms with Crippen LogP contribution in [0.5, 0.6) is 0 Å². The van der Waals surface area contributed by atoms with Crippen LogP contribution in [0.25, 0.3) is 32.9 Å². The summed E-state index contributed by atoms with van der Waals surface area (Å²) in [6.07, 6.45) is 0. The molecule has 0 spiro atoms. The summed E-state index contributed by atoms with van der Waals surface area (Å²) in [4.78, 5) is 12.2. The molecule has 159 valence electrons. The monoisotopic (exact) mass is 468 g/mol. The number of nitrogens with zero attached hydrogens (tertiary/aromatic N) is 2. The Kier molecular flexibility index (Phi) is 5.30. The van der Waals surface area contributed by atoms with Gasteiger partial charge in [-0.1, -0.05) is 53.5 Å². The van der Waals surface area contributed by atoms with E-state index in [1.54, 1.807) is 36.4 Å². The molecule has 0 aliphatic heterocycles. The van der Waals surface area contributed by atoms with Crippen LogP contribution in [-0.4, -0.2) is 10.5 Å². The molecule has 1 amide bonds. The number of amides is 1. The standard InChI is InChI=1S/C27H16Cl2N3O/c28-21-8-4-9-22(29)25(21)16-11-12-19-24(13-16)32(15-18-6-2-1-5-17(18)14-30)23-10-3-7-20(26(19)23)27(31)33/h1-11,13H,15H2,(H2,31,33). The maximum Gasteiger partial charge on any atom is 0.249 e. The molecular weight excluding hydrogens is 453 g/mol. The number of benzene rings is 4. The third-order valence-electron chi connectivity index (χ3n) is 5.78. The van der Waals surface area contributed by atoms with Crippen molar-refractivity contribution in [3.8, 4) is 17.2 Å². The minimum absolute atomic E-state index is 0.421. The Hall–Kier alpha value is -3.78. The van der Waals surface area contributed by atoms with Crippen LogP contribution < -0.4 is 5.73 Å². The van der Waals surface area contributed by atoms with Crippen LogP contribution in [0.15, 0.2) is 72.8 Å². The Morgan fingerprint density at radius 3 is 2.45 bits per heavy atom. The van der Waals surface area contributed by atoms with Crippen molar-refractivity contribution in [2.24, 2.45) is 5.73 Å². The third-order valence-corrected chi connectivity index (χ3v) is 6.41. The van der Waals surface area contributed by atoms with Gasteiger partial charge in [-0.25, -0.2) is 0 Å². The van der Waals surface area contributed by atoms with E-state index in [-0.39, 0.29) is 0 Å². The molecule has 5 aromatic rings. The number of aromatic nitrogens is 1. The van der Waals surface area contributed by atoms with E-state index in [0.717, 1.165) is 32.9 Å². The maximum atomic E-state index is 12.2. The molecule has 4 nitrogen and oxygen atoms in total. The number of hydrogen-bond donors (Lipinski definition) is 1. The third kappa shape index (κ3) is 3.52. The Morgan fingerprint density at radius 1 is 1.00 bits per heavy atom. The van der Waals surface area contributed by atoms with Gasteiger partial charge < -0.3 is 10.3 Å². The van der Waals surface area contributed by atoms with E-state index < -0.39 is 5.91 Å². The average molecular weight is 469 g/mol. The lowest BCUT2D eigenvalue weighted by molar-refractivity contribution is 0.100. The lowest BCUT2D eigenvalue weighted by Crippen LogP contribution is -2.11. The van der Waals surface area contributed by atoms with Gasteiger partial charge in [0.15, 0.2) is 0 Å². The Balaban J connectivity index is 1.85. The highest BCUT2D eigenvalue weighted by molar-refractivity contribution is 6.39. The summed E-state index contributed by atoms with van der Waals surface area (Å²) in [5.41, 5.74) is 10.7. The van der Waals surface area contributed by atoms with Crippen molar-refractivity contribution in [3.63, 3.8) is 0 Å². The number of rotatable bonds is 4. The van der Waals surface area contributed by atoms with Crippen molar-refractivity contribution >= 4 is 50.9 Å². The Morgan fingerprint density at radius 2 is 1.73 bits per heavy atom. The van der Waals surface area contributed by atoms with Gasteiger partial charge in [0.05, 0.1) is 22.7 Å². The normalized spacial score (nSPS) is 11.1. The van der Waals surface area contributed by atoms with Gasteiger partial charge in [0, 0.05) is 38.5 Å². The van der Waals surface area contributed by atoms with Crippen LogP contribution >= 0.6 is 23.2 Å². The van der Waals surface area contributed by atoms with E-state index in [9.17, 15) is 10.1 Å². The first kappa shape index (κ1) is 21.1. The molecule has 0 bridgehead atoms. The van der Waals surface area contributed by atoms with Gasteiger partial charge in [0.1, 0.15) is 0 Å². The molecule has 33 heavy (non-hydrogen) atoms. The van der Waals surface area contributed by atoms with E-state index in [1.807, 2.05) is 36.4 Å². The number of nitriles is 1. The first-order valence-corrected chi connectivity index (χ1v) is 10.9. The largest absolute Gasteiger partial charge is 0.366 e. The number of halogens is 2. The number of hydrogen-bond acceptors (Lipinski definition) is 2. The Labute approximate surface area is 200 Å². The topological polar surface area (TPSA) is 71.8 Å². The van der Waals surface area contributed by atoms with Crippen LogP contribution in [0.3, 0.4) is 0 Å². The molecule has 0 fully saturated rings. The van der Waals surface area contributed by atoms with Crippen LogP contribution in [-0.2, 0) is 6.54 Å². The van der Waals surface area contributed by atoms with E-state index in [2.05, 4.69) is 16.7 Å². The van der Waals surface area contributed by atoms with Gasteiger partial charge in [0.25, 0.3) is 0 Å². The van der Waals surface area contributed by atoms with Crippen LogP contribution in [0, 0.1) is 17.4 Å². The van der Waals surface area contributed by atoms with Gasteiger partial charge in [0.2, 0.25) is 5.91 Å². The molecule has 5 rings (SSSR count). The highest BCUT2D eigenvalue weighted by atomic mass is 35.5. The molecule has 0 unspecified atom stereocenters. The molecule has 0 aliphatic carbocycles. The van der Waals surface area contributed by atoms with E-state index in [1.165, 1.54) is 0 Å². The fourth-order valence-corrected chi connectivity index (χ4v) is 4.90. The van der Waals surface area contributed by atoms with Gasteiger partial charge in [-0.05, 0) is 59.7 Å². The second kappa shape index (κ2) is 8.29. The summed E-state index contributed by atoms with van der Waals surface area (Å²) in [6, 6.07) is 27.7.